The van der Waals surface area contributed by atoms with Crippen LogP contribution in [0.1, 0.15) is 60.8 Å². The first-order valence-electron chi connectivity index (χ1n) is 6.82. The van der Waals surface area contributed by atoms with Gasteiger partial charge in [0.2, 0.25) is 0 Å². The monoisotopic (exact) mass is 368 g/mol. The maximum absolute atomic E-state index is 11.4. The molecule has 119 valence electrons. The van der Waals surface area contributed by atoms with Crippen LogP contribution < -0.4 is 5.32 Å². The molecule has 1 N–H and O–H groups in total. The van der Waals surface area contributed by atoms with E-state index in [9.17, 15) is 9.59 Å². The second-order valence-electron chi connectivity index (χ2n) is 6.68. The van der Waals surface area contributed by atoms with Crippen LogP contribution in [0.15, 0.2) is 0 Å². The van der Waals surface area contributed by atoms with Gasteiger partial charge in [0.1, 0.15) is 5.78 Å². The van der Waals surface area contributed by atoms with Crippen molar-refractivity contribution in [3.05, 3.63) is 14.0 Å². The first kappa shape index (κ1) is 25.6. The second kappa shape index (κ2) is 12.2. The minimum absolute atomic E-state index is 0. The zero-order chi connectivity index (χ0) is 16.4. The molecule has 3 nitrogen and oxygen atoms in total. The zero-order valence-corrected chi connectivity index (χ0v) is 17.3. The molecule has 21 heavy (non-hydrogen) atoms. The van der Waals surface area contributed by atoms with E-state index in [2.05, 4.69) is 51.9 Å². The first-order valence-corrected chi connectivity index (χ1v) is 6.82. The maximum atomic E-state index is 11.4. The minimum atomic E-state index is -0.291. The SMILES string of the molecule is [CH2-]C#CC(C)(C)C.[CH2-]NC(=O)CCCC(=O)C(C)(C)C.[Y]. The van der Waals surface area contributed by atoms with Crippen molar-refractivity contribution in [2.45, 2.75) is 60.8 Å². The summed E-state index contributed by atoms with van der Waals surface area (Å²) < 4.78 is 0. The maximum Gasteiger partial charge on any atom is 0.190 e. The molecule has 0 saturated heterocycles. The molecule has 0 heterocycles. The average molecular weight is 368 g/mol. The van der Waals surface area contributed by atoms with Crippen LogP contribution >= 0.6 is 0 Å². The van der Waals surface area contributed by atoms with E-state index in [0.29, 0.717) is 19.3 Å². The standard InChI is InChI=1S/C10H18NO2.C7H11.Y/c1-10(2,3)8(12)6-5-7-9(13)11-4;1-5-6-7(2,3)4;/h4-7H2,1-3H3,(H,11,13);1H2,2-4H3;/q2*-1;. The van der Waals surface area contributed by atoms with Crippen molar-refractivity contribution in [3.8, 4) is 11.8 Å². The summed E-state index contributed by atoms with van der Waals surface area (Å²) in [7, 11) is 3.25. The molecule has 0 bridgehead atoms. The van der Waals surface area contributed by atoms with Gasteiger partial charge in [0.05, 0.1) is 0 Å². The van der Waals surface area contributed by atoms with Gasteiger partial charge in [-0.3, -0.25) is 22.6 Å². The van der Waals surface area contributed by atoms with E-state index >= 15 is 0 Å². The molecule has 0 unspecified atom stereocenters. The molecule has 0 aliphatic heterocycles. The molecule has 1 amide bonds. The number of nitrogens with one attached hydrogen (secondary N) is 1. The van der Waals surface area contributed by atoms with E-state index in [1.54, 1.807) is 0 Å². The van der Waals surface area contributed by atoms with Gasteiger partial charge in [0.15, 0.2) is 5.91 Å². The number of ketones is 1. The van der Waals surface area contributed by atoms with Crippen molar-refractivity contribution in [2.24, 2.45) is 10.8 Å². The molecule has 0 aromatic heterocycles. The van der Waals surface area contributed by atoms with E-state index in [1.165, 1.54) is 0 Å². The minimum Gasteiger partial charge on any atom is -0.508 e. The van der Waals surface area contributed by atoms with Crippen molar-refractivity contribution in [3.63, 3.8) is 0 Å². The normalized spacial score (nSPS) is 10.0. The van der Waals surface area contributed by atoms with Crippen LogP contribution in [-0.4, -0.2) is 11.7 Å². The predicted octanol–water partition coefficient (Wildman–Crippen LogP) is 3.55. The Kier molecular flexibility index (Phi) is 14.9. The first-order chi connectivity index (χ1) is 8.94. The summed E-state index contributed by atoms with van der Waals surface area (Å²) >= 11 is 0. The molecule has 1 radical (unpaired) electrons. The van der Waals surface area contributed by atoms with Gasteiger partial charge in [0.25, 0.3) is 0 Å². The molecule has 0 rings (SSSR count). The summed E-state index contributed by atoms with van der Waals surface area (Å²) in [5.74, 6) is 5.62. The number of carbonyl (C=O) groups is 2. The largest absolute Gasteiger partial charge is 0.508 e. The fourth-order valence-corrected chi connectivity index (χ4v) is 1.14. The third-order valence-electron chi connectivity index (χ3n) is 2.30. The van der Waals surface area contributed by atoms with Gasteiger partial charge in [0, 0.05) is 51.0 Å². The second-order valence-corrected chi connectivity index (χ2v) is 6.68. The summed E-state index contributed by atoms with van der Waals surface area (Å²) in [4.78, 5) is 22.1. The molecule has 0 aliphatic rings. The Morgan fingerprint density at radius 3 is 1.76 bits per heavy atom. The summed E-state index contributed by atoms with van der Waals surface area (Å²) in [6.07, 6.45) is 1.46. The Balaban J connectivity index is -0.000000347. The molecule has 0 saturated carbocycles. The van der Waals surface area contributed by atoms with Crippen LogP contribution in [-0.2, 0) is 42.3 Å². The van der Waals surface area contributed by atoms with Gasteiger partial charge in [-0.05, 0) is 6.42 Å². The van der Waals surface area contributed by atoms with Crippen molar-refractivity contribution in [1.29, 1.82) is 0 Å². The van der Waals surface area contributed by atoms with Gasteiger partial charge in [-0.2, -0.15) is 6.92 Å². The predicted molar refractivity (Wildman–Crippen MR) is 84.4 cm³/mol. The summed E-state index contributed by atoms with van der Waals surface area (Å²) in [6, 6.07) is 0. The van der Waals surface area contributed by atoms with Gasteiger partial charge in [-0.1, -0.05) is 47.0 Å². The van der Waals surface area contributed by atoms with Gasteiger partial charge in [-0.15, -0.1) is 0 Å². The van der Waals surface area contributed by atoms with E-state index in [4.69, 9.17) is 0 Å². The number of hydrogen-bond acceptors (Lipinski definition) is 2. The summed E-state index contributed by atoms with van der Waals surface area (Å²) in [5.41, 5.74) is -0.164. The molecule has 0 aromatic carbocycles. The summed E-state index contributed by atoms with van der Waals surface area (Å²) in [5, 5.41) is 2.28. The topological polar surface area (TPSA) is 46.2 Å². The molecule has 4 heteroatoms. The van der Waals surface area contributed by atoms with Crippen LogP contribution in [0.25, 0.3) is 0 Å². The van der Waals surface area contributed by atoms with Crippen LogP contribution in [0.4, 0.5) is 0 Å². The van der Waals surface area contributed by atoms with Crippen LogP contribution in [0.3, 0.4) is 0 Å². The zero-order valence-electron chi connectivity index (χ0n) is 14.4. The molecule has 0 aliphatic carbocycles. The van der Waals surface area contributed by atoms with Crippen molar-refractivity contribution in [1.82, 2.24) is 5.32 Å². The number of rotatable bonds is 4. The molecule has 0 aromatic rings. The van der Waals surface area contributed by atoms with Crippen LogP contribution in [0, 0.1) is 36.6 Å². The van der Waals surface area contributed by atoms with E-state index in [-0.39, 0.29) is 55.2 Å². The third-order valence-corrected chi connectivity index (χ3v) is 2.30. The molecule has 0 fully saturated rings. The molecular formula is C17H29NO2Y-2. The van der Waals surface area contributed by atoms with Gasteiger partial charge >= 0.3 is 0 Å². The Bertz CT molecular complexity index is 365. The Morgan fingerprint density at radius 2 is 1.52 bits per heavy atom. The van der Waals surface area contributed by atoms with Crippen molar-refractivity contribution >= 4 is 11.7 Å². The van der Waals surface area contributed by atoms with Crippen LogP contribution in [0.2, 0.25) is 0 Å². The van der Waals surface area contributed by atoms with Gasteiger partial charge in [-0.25, -0.2) is 0 Å². The van der Waals surface area contributed by atoms with Crippen LogP contribution in [0.5, 0.6) is 0 Å². The molecular weight excluding hydrogens is 339 g/mol. The van der Waals surface area contributed by atoms with Crippen molar-refractivity contribution in [2.75, 3.05) is 0 Å². The Morgan fingerprint density at radius 1 is 1.05 bits per heavy atom. The van der Waals surface area contributed by atoms with E-state index in [1.807, 2.05) is 20.8 Å². The molecule has 0 spiro atoms. The number of hydrogen-bond donors (Lipinski definition) is 1. The van der Waals surface area contributed by atoms with Gasteiger partial charge < -0.3 is 11.2 Å². The van der Waals surface area contributed by atoms with E-state index < -0.39 is 0 Å². The fraction of sp³-hybridized carbons (Fsp3) is 0.647. The number of amides is 1. The van der Waals surface area contributed by atoms with Crippen molar-refractivity contribution < 1.29 is 42.3 Å². The third kappa shape index (κ3) is 19.7. The molecule has 0 atom stereocenters. The average Bonchev–Trinajstić information content (AvgIpc) is 2.26. The number of Topliss-reactive ketones (excluding diaryl/α,β-unsaturated/α-hetero) is 1. The smallest absolute Gasteiger partial charge is 0.190 e. The Hall–Kier alpha value is -0.326. The quantitative estimate of drug-likeness (QED) is 0.609. The fourth-order valence-electron chi connectivity index (χ4n) is 1.14. The summed E-state index contributed by atoms with van der Waals surface area (Å²) in [6.45, 7) is 15.2. The van der Waals surface area contributed by atoms with E-state index in [0.717, 1.165) is 0 Å². The number of carbonyl (C=O) groups excluding carboxylic acids is 2. The Labute approximate surface area is 156 Å².